The van der Waals surface area contributed by atoms with E-state index >= 15 is 0 Å². The van der Waals surface area contributed by atoms with Crippen molar-refractivity contribution in [3.8, 4) is 5.75 Å². The number of carbonyl (C=O) groups is 3. The molecule has 8 nitrogen and oxygen atoms in total. The fourth-order valence-electron chi connectivity index (χ4n) is 4.96. The van der Waals surface area contributed by atoms with Crippen molar-refractivity contribution in [1.82, 2.24) is 9.88 Å². The van der Waals surface area contributed by atoms with Gasteiger partial charge in [0.15, 0.2) is 11.5 Å². The summed E-state index contributed by atoms with van der Waals surface area (Å²) in [5.74, 6) is -1.47. The Kier molecular flexibility index (Phi) is 7.50. The maximum atomic E-state index is 13.4. The van der Waals surface area contributed by atoms with E-state index in [2.05, 4.69) is 4.98 Å². The molecule has 1 aliphatic heterocycles. The highest BCUT2D eigenvalue weighted by atomic mass is 16.5. The molecule has 4 aromatic rings. The molecule has 1 aliphatic rings. The smallest absolute Gasteiger partial charge is 0.337 e. The Morgan fingerprint density at radius 1 is 1.02 bits per heavy atom. The number of hydrogen-bond acceptors (Lipinski definition) is 6. The third-order valence-corrected chi connectivity index (χ3v) is 7.04. The lowest BCUT2D eigenvalue weighted by atomic mass is 9.94. The van der Waals surface area contributed by atoms with Gasteiger partial charge in [0, 0.05) is 23.6 Å². The number of H-pyrrole nitrogens is 1. The topological polar surface area (TPSA) is 109 Å². The number of ether oxygens (including phenoxy) is 2. The number of ketones is 1. The zero-order chi connectivity index (χ0) is 28.2. The molecular weight excluding hydrogens is 508 g/mol. The molecular formula is C32H28N2O6. The summed E-state index contributed by atoms with van der Waals surface area (Å²) in [5.41, 5.74) is 3.61. The molecule has 2 heterocycles. The number of esters is 1. The van der Waals surface area contributed by atoms with Gasteiger partial charge in [-0.05, 0) is 59.5 Å². The van der Waals surface area contributed by atoms with Crippen LogP contribution in [0.25, 0.3) is 17.0 Å². The fourth-order valence-corrected chi connectivity index (χ4v) is 4.96. The number of methoxy groups -OCH3 is 2. The maximum Gasteiger partial charge on any atom is 0.337 e. The van der Waals surface area contributed by atoms with Crippen LogP contribution in [0.3, 0.4) is 0 Å². The van der Waals surface area contributed by atoms with Gasteiger partial charge in [-0.25, -0.2) is 4.79 Å². The van der Waals surface area contributed by atoms with Gasteiger partial charge >= 0.3 is 5.97 Å². The molecule has 0 bridgehead atoms. The molecule has 8 heteroatoms. The largest absolute Gasteiger partial charge is 0.503 e. The summed E-state index contributed by atoms with van der Waals surface area (Å²) >= 11 is 0. The van der Waals surface area contributed by atoms with Crippen molar-refractivity contribution in [2.45, 2.75) is 12.5 Å². The van der Waals surface area contributed by atoms with Crippen molar-refractivity contribution in [3.63, 3.8) is 0 Å². The summed E-state index contributed by atoms with van der Waals surface area (Å²) in [7, 11) is 2.90. The molecule has 0 spiro atoms. The van der Waals surface area contributed by atoms with E-state index in [0.717, 1.165) is 22.0 Å². The van der Waals surface area contributed by atoms with E-state index < -0.39 is 29.5 Å². The highest BCUT2D eigenvalue weighted by molar-refractivity contribution is 6.14. The standard InChI is InChI=1S/C32H28N2O6/c1-39-24-13-14-26-25(18-24)23(19-33-26)16-17-34-29(21-9-11-22(12-10-21)32(38)40-2)28(30(36)31(34)37)27(35)15-8-20-6-4-3-5-7-20/h3-15,18-19,29,33,36H,16-17H2,1-2H3/b15-8+/t29-/m0/s1. The van der Waals surface area contributed by atoms with Crippen molar-refractivity contribution in [1.29, 1.82) is 0 Å². The number of nitrogens with one attached hydrogen (secondary N) is 1. The maximum absolute atomic E-state index is 13.4. The molecule has 40 heavy (non-hydrogen) atoms. The summed E-state index contributed by atoms with van der Waals surface area (Å²) in [4.78, 5) is 43.5. The molecule has 0 saturated heterocycles. The second kappa shape index (κ2) is 11.3. The van der Waals surface area contributed by atoms with Crippen LogP contribution in [0, 0.1) is 0 Å². The van der Waals surface area contributed by atoms with E-state index in [4.69, 9.17) is 9.47 Å². The fraction of sp³-hybridized carbons (Fsp3) is 0.156. The number of carbonyl (C=O) groups excluding carboxylic acids is 3. The number of rotatable bonds is 9. The van der Waals surface area contributed by atoms with E-state index in [1.165, 1.54) is 18.1 Å². The number of allylic oxidation sites excluding steroid dienone is 1. The first-order valence-electron chi connectivity index (χ1n) is 12.7. The first-order chi connectivity index (χ1) is 19.4. The van der Waals surface area contributed by atoms with Crippen LogP contribution in [0.15, 0.2) is 96.4 Å². The zero-order valence-electron chi connectivity index (χ0n) is 22.1. The summed E-state index contributed by atoms with van der Waals surface area (Å²) < 4.78 is 10.2. The lowest BCUT2D eigenvalue weighted by molar-refractivity contribution is -0.129. The number of benzene rings is 3. The highest BCUT2D eigenvalue weighted by Crippen LogP contribution is 2.38. The van der Waals surface area contributed by atoms with Crippen molar-refractivity contribution >= 4 is 34.6 Å². The van der Waals surface area contributed by atoms with Crippen LogP contribution in [-0.2, 0) is 20.7 Å². The van der Waals surface area contributed by atoms with Crippen LogP contribution < -0.4 is 4.74 Å². The van der Waals surface area contributed by atoms with E-state index in [-0.39, 0.29) is 12.1 Å². The van der Waals surface area contributed by atoms with Gasteiger partial charge in [-0.2, -0.15) is 0 Å². The molecule has 0 radical (unpaired) electrons. The van der Waals surface area contributed by atoms with E-state index in [0.29, 0.717) is 23.3 Å². The predicted octanol–water partition coefficient (Wildman–Crippen LogP) is 5.18. The number of aliphatic hydroxyl groups excluding tert-OH is 1. The van der Waals surface area contributed by atoms with Crippen LogP contribution in [0.1, 0.15) is 33.1 Å². The third-order valence-electron chi connectivity index (χ3n) is 7.04. The molecule has 202 valence electrons. The van der Waals surface area contributed by atoms with Crippen molar-refractivity contribution < 1.29 is 29.0 Å². The molecule has 1 amide bonds. The number of aromatic nitrogens is 1. The Morgan fingerprint density at radius 3 is 2.48 bits per heavy atom. The predicted molar refractivity (Wildman–Crippen MR) is 151 cm³/mol. The Morgan fingerprint density at radius 2 is 1.77 bits per heavy atom. The van der Waals surface area contributed by atoms with Gasteiger partial charge in [0.25, 0.3) is 5.91 Å². The second-order valence-corrected chi connectivity index (χ2v) is 9.36. The summed E-state index contributed by atoms with van der Waals surface area (Å²) in [6, 6.07) is 20.6. The van der Waals surface area contributed by atoms with E-state index in [9.17, 15) is 19.5 Å². The van der Waals surface area contributed by atoms with Crippen LogP contribution in [-0.4, -0.2) is 53.4 Å². The minimum atomic E-state index is -0.841. The van der Waals surface area contributed by atoms with Gasteiger partial charge in [0.2, 0.25) is 0 Å². The van der Waals surface area contributed by atoms with Crippen LogP contribution in [0.4, 0.5) is 0 Å². The van der Waals surface area contributed by atoms with Crippen LogP contribution in [0.2, 0.25) is 0 Å². The lowest BCUT2D eigenvalue weighted by Crippen LogP contribution is -2.33. The van der Waals surface area contributed by atoms with E-state index in [1.807, 2.05) is 54.7 Å². The summed E-state index contributed by atoms with van der Waals surface area (Å²) in [6.45, 7) is 0.232. The number of aliphatic hydroxyl groups is 1. The lowest BCUT2D eigenvalue weighted by Gasteiger charge is -2.26. The minimum Gasteiger partial charge on any atom is -0.503 e. The van der Waals surface area contributed by atoms with Gasteiger partial charge in [-0.1, -0.05) is 48.5 Å². The van der Waals surface area contributed by atoms with Crippen molar-refractivity contribution in [2.75, 3.05) is 20.8 Å². The Balaban J connectivity index is 1.48. The number of amides is 1. The molecule has 0 aliphatic carbocycles. The number of hydrogen-bond donors (Lipinski definition) is 2. The van der Waals surface area contributed by atoms with Gasteiger partial charge < -0.3 is 24.5 Å². The monoisotopic (exact) mass is 536 g/mol. The van der Waals surface area contributed by atoms with Crippen molar-refractivity contribution in [3.05, 3.63) is 119 Å². The van der Waals surface area contributed by atoms with Gasteiger partial charge in [-0.3, -0.25) is 9.59 Å². The van der Waals surface area contributed by atoms with Crippen molar-refractivity contribution in [2.24, 2.45) is 0 Å². The molecule has 0 saturated carbocycles. The molecule has 1 aromatic heterocycles. The molecule has 5 rings (SSSR count). The normalized spacial score (nSPS) is 15.3. The molecule has 0 unspecified atom stereocenters. The Hall–Kier alpha value is -5.11. The summed E-state index contributed by atoms with van der Waals surface area (Å²) in [5, 5.41) is 11.9. The highest BCUT2D eigenvalue weighted by Gasteiger charge is 2.42. The molecule has 2 N–H and O–H groups in total. The summed E-state index contributed by atoms with van der Waals surface area (Å²) in [6.07, 6.45) is 5.35. The Bertz CT molecular complexity index is 1630. The van der Waals surface area contributed by atoms with Gasteiger partial charge in [0.1, 0.15) is 5.75 Å². The Labute approximate surface area is 231 Å². The number of fused-ring (bicyclic) bond motifs is 1. The van der Waals surface area contributed by atoms with Gasteiger partial charge in [0.05, 0.1) is 31.4 Å². The average molecular weight is 537 g/mol. The second-order valence-electron chi connectivity index (χ2n) is 9.36. The molecule has 3 aromatic carbocycles. The molecule has 0 fully saturated rings. The number of aromatic amines is 1. The van der Waals surface area contributed by atoms with E-state index in [1.54, 1.807) is 37.5 Å². The SMILES string of the molecule is COC(=O)c1ccc([C@H]2C(C(=O)/C=C/c3ccccc3)=C(O)C(=O)N2CCc2c[nH]c3ccc(OC)cc23)cc1. The zero-order valence-corrected chi connectivity index (χ0v) is 22.1. The number of nitrogens with zero attached hydrogens (tertiary/aromatic N) is 1. The molecule has 1 atom stereocenters. The average Bonchev–Trinajstić information content (AvgIpc) is 3.51. The van der Waals surface area contributed by atoms with Crippen LogP contribution in [0.5, 0.6) is 5.75 Å². The minimum absolute atomic E-state index is 0.0106. The quantitative estimate of drug-likeness (QED) is 0.225. The third kappa shape index (κ3) is 5.11. The van der Waals surface area contributed by atoms with Gasteiger partial charge in [-0.15, -0.1) is 0 Å². The van der Waals surface area contributed by atoms with Crippen LogP contribution >= 0.6 is 0 Å². The first-order valence-corrected chi connectivity index (χ1v) is 12.7. The first kappa shape index (κ1) is 26.5.